The van der Waals surface area contributed by atoms with Gasteiger partial charge in [0.05, 0.1) is 0 Å². The summed E-state index contributed by atoms with van der Waals surface area (Å²) in [6.07, 6.45) is -0.314. The number of aliphatic hydroxyl groups is 1. The Labute approximate surface area is 93.9 Å². The van der Waals surface area contributed by atoms with Crippen molar-refractivity contribution in [1.82, 2.24) is 10.2 Å². The number of rotatable bonds is 4. The quantitative estimate of drug-likeness (QED) is 0.740. The molecule has 15 heavy (non-hydrogen) atoms. The molecule has 1 fully saturated rings. The monoisotopic (exact) mass is 214 g/mol. The summed E-state index contributed by atoms with van der Waals surface area (Å²) in [5.74, 6) is 0.728. The highest BCUT2D eigenvalue weighted by molar-refractivity contribution is 4.89. The maximum Gasteiger partial charge on any atom is 0.120 e. The Morgan fingerprint density at radius 2 is 1.87 bits per heavy atom. The molecule has 3 heteroatoms. The van der Waals surface area contributed by atoms with Gasteiger partial charge in [-0.3, -0.25) is 4.90 Å². The maximum absolute atomic E-state index is 9.86. The van der Waals surface area contributed by atoms with Crippen LogP contribution in [0, 0.1) is 11.3 Å². The van der Waals surface area contributed by atoms with E-state index in [9.17, 15) is 5.11 Å². The van der Waals surface area contributed by atoms with Crippen molar-refractivity contribution in [3.8, 4) is 0 Å². The zero-order chi connectivity index (χ0) is 11.6. The molecule has 0 aliphatic carbocycles. The Balaban J connectivity index is 2.21. The summed E-state index contributed by atoms with van der Waals surface area (Å²) in [6, 6.07) is 0.444. The Bertz CT molecular complexity index is 192. The van der Waals surface area contributed by atoms with E-state index in [-0.39, 0.29) is 6.23 Å². The van der Waals surface area contributed by atoms with Crippen LogP contribution in [-0.2, 0) is 0 Å². The van der Waals surface area contributed by atoms with Crippen molar-refractivity contribution in [2.24, 2.45) is 11.3 Å². The van der Waals surface area contributed by atoms with Crippen LogP contribution < -0.4 is 5.32 Å². The van der Waals surface area contributed by atoms with Crippen LogP contribution in [0.3, 0.4) is 0 Å². The van der Waals surface area contributed by atoms with Crippen LogP contribution in [0.2, 0.25) is 0 Å². The highest BCUT2D eigenvalue weighted by Gasteiger charge is 2.38. The molecule has 1 atom stereocenters. The predicted molar refractivity (Wildman–Crippen MR) is 63.7 cm³/mol. The van der Waals surface area contributed by atoms with Gasteiger partial charge in [0, 0.05) is 25.7 Å². The van der Waals surface area contributed by atoms with Crippen molar-refractivity contribution in [1.29, 1.82) is 0 Å². The van der Waals surface area contributed by atoms with E-state index >= 15 is 0 Å². The molecule has 1 rings (SSSR count). The van der Waals surface area contributed by atoms with E-state index < -0.39 is 0 Å². The van der Waals surface area contributed by atoms with Crippen molar-refractivity contribution in [3.05, 3.63) is 0 Å². The van der Waals surface area contributed by atoms with Crippen LogP contribution in [0.4, 0.5) is 0 Å². The van der Waals surface area contributed by atoms with E-state index in [1.165, 1.54) is 0 Å². The predicted octanol–water partition coefficient (Wildman–Crippen LogP) is 1.28. The Morgan fingerprint density at radius 3 is 2.27 bits per heavy atom. The van der Waals surface area contributed by atoms with Crippen LogP contribution in [-0.4, -0.2) is 41.9 Å². The summed E-state index contributed by atoms with van der Waals surface area (Å²) in [7, 11) is 0. The Hall–Kier alpha value is -0.120. The molecule has 3 nitrogen and oxygen atoms in total. The molecule has 2 N–H and O–H groups in total. The fourth-order valence-corrected chi connectivity index (χ4v) is 1.77. The number of aliphatic hydroxyl groups excluding tert-OH is 1. The minimum atomic E-state index is -0.314. The molecular formula is C12H26N2O. The highest BCUT2D eigenvalue weighted by Crippen LogP contribution is 2.34. The third-order valence-electron chi connectivity index (χ3n) is 3.26. The SMILES string of the molecule is CC(C)NCC(O)N1CC(C(C)(C)C)C1. The molecule has 0 bridgehead atoms. The molecular weight excluding hydrogens is 188 g/mol. The lowest BCUT2D eigenvalue weighted by Gasteiger charge is -2.48. The van der Waals surface area contributed by atoms with E-state index in [1.54, 1.807) is 0 Å². The third-order valence-corrected chi connectivity index (χ3v) is 3.26. The first kappa shape index (κ1) is 12.9. The van der Waals surface area contributed by atoms with Gasteiger partial charge in [-0.2, -0.15) is 0 Å². The molecule has 0 radical (unpaired) electrons. The number of hydrogen-bond acceptors (Lipinski definition) is 3. The summed E-state index contributed by atoms with van der Waals surface area (Å²) in [5.41, 5.74) is 0.377. The van der Waals surface area contributed by atoms with Crippen molar-refractivity contribution < 1.29 is 5.11 Å². The van der Waals surface area contributed by atoms with Crippen molar-refractivity contribution >= 4 is 0 Å². The highest BCUT2D eigenvalue weighted by atomic mass is 16.3. The number of hydrogen-bond donors (Lipinski definition) is 2. The summed E-state index contributed by atoms with van der Waals surface area (Å²) in [5, 5.41) is 13.1. The molecule has 0 saturated carbocycles. The van der Waals surface area contributed by atoms with Gasteiger partial charge in [0.25, 0.3) is 0 Å². The molecule has 1 saturated heterocycles. The average Bonchev–Trinajstić information content (AvgIpc) is 1.94. The Morgan fingerprint density at radius 1 is 1.33 bits per heavy atom. The standard InChI is InChI=1S/C12H26N2O/c1-9(2)13-6-11(15)14-7-10(8-14)12(3,4)5/h9-11,13,15H,6-8H2,1-5H3. The molecule has 0 aromatic carbocycles. The van der Waals surface area contributed by atoms with E-state index in [2.05, 4.69) is 44.8 Å². The lowest BCUT2D eigenvalue weighted by Crippen LogP contribution is -2.58. The summed E-state index contributed by atoms with van der Waals surface area (Å²) in [6.45, 7) is 13.8. The molecule has 0 aromatic rings. The molecule has 1 unspecified atom stereocenters. The lowest BCUT2D eigenvalue weighted by molar-refractivity contribution is -0.0902. The normalized spacial score (nSPS) is 21.8. The van der Waals surface area contributed by atoms with Crippen molar-refractivity contribution in [2.45, 2.75) is 46.9 Å². The van der Waals surface area contributed by atoms with E-state index in [4.69, 9.17) is 0 Å². The van der Waals surface area contributed by atoms with Gasteiger partial charge in [0.1, 0.15) is 6.23 Å². The van der Waals surface area contributed by atoms with Crippen LogP contribution in [0.15, 0.2) is 0 Å². The molecule has 0 aromatic heterocycles. The summed E-state index contributed by atoms with van der Waals surface area (Å²) < 4.78 is 0. The van der Waals surface area contributed by atoms with Gasteiger partial charge in [-0.25, -0.2) is 0 Å². The van der Waals surface area contributed by atoms with Gasteiger partial charge in [-0.15, -0.1) is 0 Å². The van der Waals surface area contributed by atoms with Gasteiger partial charge in [0.15, 0.2) is 0 Å². The zero-order valence-electron chi connectivity index (χ0n) is 10.7. The molecule has 0 spiro atoms. The summed E-state index contributed by atoms with van der Waals surface area (Å²) >= 11 is 0. The van der Waals surface area contributed by atoms with Crippen LogP contribution in [0.5, 0.6) is 0 Å². The topological polar surface area (TPSA) is 35.5 Å². The van der Waals surface area contributed by atoms with Gasteiger partial charge in [-0.05, 0) is 11.3 Å². The zero-order valence-corrected chi connectivity index (χ0v) is 10.7. The van der Waals surface area contributed by atoms with Crippen molar-refractivity contribution in [3.63, 3.8) is 0 Å². The van der Waals surface area contributed by atoms with Gasteiger partial charge in [0.2, 0.25) is 0 Å². The number of nitrogens with one attached hydrogen (secondary N) is 1. The molecule has 1 heterocycles. The molecule has 0 amide bonds. The third kappa shape index (κ3) is 3.74. The van der Waals surface area contributed by atoms with Gasteiger partial charge < -0.3 is 10.4 Å². The van der Waals surface area contributed by atoms with E-state index in [0.717, 1.165) is 19.0 Å². The maximum atomic E-state index is 9.86. The molecule has 1 aliphatic heterocycles. The average molecular weight is 214 g/mol. The number of likely N-dealkylation sites (tertiary alicyclic amines) is 1. The van der Waals surface area contributed by atoms with Gasteiger partial charge >= 0.3 is 0 Å². The largest absolute Gasteiger partial charge is 0.377 e. The first-order chi connectivity index (χ1) is 6.80. The van der Waals surface area contributed by atoms with E-state index in [1.807, 2.05) is 0 Å². The van der Waals surface area contributed by atoms with Crippen molar-refractivity contribution in [2.75, 3.05) is 19.6 Å². The van der Waals surface area contributed by atoms with Crippen LogP contribution >= 0.6 is 0 Å². The fraction of sp³-hybridized carbons (Fsp3) is 1.00. The second-order valence-corrected chi connectivity index (χ2v) is 6.06. The van der Waals surface area contributed by atoms with Crippen LogP contribution in [0.1, 0.15) is 34.6 Å². The molecule has 1 aliphatic rings. The fourth-order valence-electron chi connectivity index (χ4n) is 1.77. The van der Waals surface area contributed by atoms with Crippen LogP contribution in [0.25, 0.3) is 0 Å². The minimum absolute atomic E-state index is 0.314. The minimum Gasteiger partial charge on any atom is -0.377 e. The number of nitrogens with zero attached hydrogens (tertiary/aromatic N) is 1. The first-order valence-corrected chi connectivity index (χ1v) is 5.96. The van der Waals surface area contributed by atoms with Gasteiger partial charge in [-0.1, -0.05) is 34.6 Å². The first-order valence-electron chi connectivity index (χ1n) is 5.96. The smallest absolute Gasteiger partial charge is 0.120 e. The Kier molecular flexibility index (Phi) is 4.15. The summed E-state index contributed by atoms with van der Waals surface area (Å²) in [4.78, 5) is 2.14. The lowest BCUT2D eigenvalue weighted by atomic mass is 9.76. The second kappa shape index (κ2) is 4.81. The second-order valence-electron chi connectivity index (χ2n) is 6.06. The van der Waals surface area contributed by atoms with E-state index in [0.29, 0.717) is 18.0 Å². The molecule has 90 valence electrons.